The number of hydrogen-bond donors (Lipinski definition) is 1. The summed E-state index contributed by atoms with van der Waals surface area (Å²) in [5, 5.41) is 18.6. The van der Waals surface area contributed by atoms with Gasteiger partial charge >= 0.3 is 0 Å². The maximum atomic E-state index is 12.5. The van der Waals surface area contributed by atoms with Gasteiger partial charge in [-0.15, -0.1) is 12.4 Å². The Balaban J connectivity index is 0.00000208. The first-order valence-electron chi connectivity index (χ1n) is 7.46. The summed E-state index contributed by atoms with van der Waals surface area (Å²) < 4.78 is 1.38. The van der Waals surface area contributed by atoms with E-state index in [-0.39, 0.29) is 24.0 Å². The molecular formula is C15H18ClN5O3. The normalized spacial score (nSPS) is 14.6. The van der Waals surface area contributed by atoms with Gasteiger partial charge < -0.3 is 10.2 Å². The second-order valence-corrected chi connectivity index (χ2v) is 5.29. The van der Waals surface area contributed by atoms with Crippen molar-refractivity contribution in [3.05, 3.63) is 52.3 Å². The van der Waals surface area contributed by atoms with Gasteiger partial charge in [-0.2, -0.15) is 5.10 Å². The lowest BCUT2D eigenvalue weighted by molar-refractivity contribution is -0.384. The highest BCUT2D eigenvalue weighted by atomic mass is 35.5. The molecule has 9 heteroatoms. The Morgan fingerprint density at radius 1 is 1.21 bits per heavy atom. The molecule has 0 saturated carbocycles. The van der Waals surface area contributed by atoms with Crippen molar-refractivity contribution in [3.63, 3.8) is 0 Å². The first kappa shape index (κ1) is 17.9. The predicted octanol–water partition coefficient (Wildman–Crippen LogP) is 1.64. The van der Waals surface area contributed by atoms with Crippen LogP contribution in [0.2, 0.25) is 0 Å². The van der Waals surface area contributed by atoms with E-state index in [4.69, 9.17) is 0 Å². The van der Waals surface area contributed by atoms with Crippen LogP contribution in [0.1, 0.15) is 16.9 Å². The summed E-state index contributed by atoms with van der Waals surface area (Å²) in [6.45, 7) is 2.98. The highest BCUT2D eigenvalue weighted by Gasteiger charge is 2.21. The van der Waals surface area contributed by atoms with Gasteiger partial charge in [0.15, 0.2) is 5.69 Å². The maximum Gasteiger partial charge on any atom is 0.294 e. The Bertz CT molecular complexity index is 725. The smallest absolute Gasteiger partial charge is 0.294 e. The average molecular weight is 352 g/mol. The second-order valence-electron chi connectivity index (χ2n) is 5.29. The van der Waals surface area contributed by atoms with Crippen LogP contribution >= 0.6 is 12.4 Å². The van der Waals surface area contributed by atoms with Crippen LogP contribution in [-0.2, 0) is 0 Å². The third-order valence-electron chi connectivity index (χ3n) is 3.76. The number of para-hydroxylation sites is 2. The van der Waals surface area contributed by atoms with E-state index < -0.39 is 4.92 Å². The zero-order chi connectivity index (χ0) is 16.2. The highest BCUT2D eigenvalue weighted by Crippen LogP contribution is 2.21. The van der Waals surface area contributed by atoms with Crippen LogP contribution in [0.25, 0.3) is 5.69 Å². The van der Waals surface area contributed by atoms with Crippen molar-refractivity contribution in [2.45, 2.75) is 6.42 Å². The van der Waals surface area contributed by atoms with E-state index in [2.05, 4.69) is 10.4 Å². The molecule has 24 heavy (non-hydrogen) atoms. The minimum atomic E-state index is -0.459. The van der Waals surface area contributed by atoms with Crippen LogP contribution in [0.15, 0.2) is 36.5 Å². The fourth-order valence-corrected chi connectivity index (χ4v) is 2.60. The topological polar surface area (TPSA) is 93.3 Å². The Labute approximate surface area is 145 Å². The summed E-state index contributed by atoms with van der Waals surface area (Å²) >= 11 is 0. The zero-order valence-corrected chi connectivity index (χ0v) is 13.7. The molecule has 0 radical (unpaired) electrons. The third-order valence-corrected chi connectivity index (χ3v) is 3.76. The van der Waals surface area contributed by atoms with E-state index >= 15 is 0 Å². The molecule has 0 spiro atoms. The van der Waals surface area contributed by atoms with Gasteiger partial charge in [0.1, 0.15) is 5.69 Å². The van der Waals surface area contributed by atoms with Gasteiger partial charge in [0.25, 0.3) is 11.6 Å². The molecule has 1 aliphatic rings. The number of nitrogens with one attached hydrogen (secondary N) is 1. The van der Waals surface area contributed by atoms with Crippen molar-refractivity contribution in [1.29, 1.82) is 0 Å². The number of halogens is 1. The van der Waals surface area contributed by atoms with Gasteiger partial charge in [-0.3, -0.25) is 14.9 Å². The first-order chi connectivity index (χ1) is 11.2. The van der Waals surface area contributed by atoms with Crippen LogP contribution in [0.4, 0.5) is 5.69 Å². The van der Waals surface area contributed by atoms with Gasteiger partial charge in [0, 0.05) is 31.9 Å². The van der Waals surface area contributed by atoms with Gasteiger partial charge in [-0.05, 0) is 25.1 Å². The molecular weight excluding hydrogens is 334 g/mol. The lowest BCUT2D eigenvalue weighted by Gasteiger charge is -2.18. The number of carbonyl (C=O) groups is 1. The third kappa shape index (κ3) is 3.72. The quantitative estimate of drug-likeness (QED) is 0.670. The zero-order valence-electron chi connectivity index (χ0n) is 12.9. The first-order valence-corrected chi connectivity index (χ1v) is 7.46. The van der Waals surface area contributed by atoms with Crippen molar-refractivity contribution >= 4 is 24.0 Å². The van der Waals surface area contributed by atoms with E-state index in [1.165, 1.54) is 10.7 Å². The summed E-state index contributed by atoms with van der Waals surface area (Å²) in [6.07, 6.45) is 2.47. The maximum absolute atomic E-state index is 12.5. The van der Waals surface area contributed by atoms with Crippen molar-refractivity contribution in [1.82, 2.24) is 20.0 Å². The lowest BCUT2D eigenvalue weighted by atomic mass is 10.3. The van der Waals surface area contributed by atoms with Crippen molar-refractivity contribution in [2.75, 3.05) is 26.2 Å². The predicted molar refractivity (Wildman–Crippen MR) is 90.9 cm³/mol. The second kappa shape index (κ2) is 7.89. The van der Waals surface area contributed by atoms with E-state index in [1.54, 1.807) is 35.4 Å². The Kier molecular flexibility index (Phi) is 5.88. The molecule has 2 heterocycles. The largest absolute Gasteiger partial charge is 0.336 e. The van der Waals surface area contributed by atoms with Crippen LogP contribution in [-0.4, -0.2) is 51.7 Å². The Morgan fingerprint density at radius 2 is 2.00 bits per heavy atom. The van der Waals surface area contributed by atoms with E-state index in [0.29, 0.717) is 24.5 Å². The molecule has 128 valence electrons. The fourth-order valence-electron chi connectivity index (χ4n) is 2.60. The fraction of sp³-hybridized carbons (Fsp3) is 0.333. The van der Waals surface area contributed by atoms with Crippen LogP contribution in [0.5, 0.6) is 0 Å². The Morgan fingerprint density at radius 3 is 2.79 bits per heavy atom. The molecule has 2 aromatic rings. The summed E-state index contributed by atoms with van der Waals surface area (Å²) in [6, 6.07) is 7.92. The molecule has 1 aromatic heterocycles. The molecule has 0 bridgehead atoms. The van der Waals surface area contributed by atoms with Crippen molar-refractivity contribution in [2.24, 2.45) is 0 Å². The van der Waals surface area contributed by atoms with Crippen molar-refractivity contribution < 1.29 is 9.72 Å². The molecule has 0 aliphatic carbocycles. The number of carbonyl (C=O) groups excluding carboxylic acids is 1. The number of nitro groups is 1. The highest BCUT2D eigenvalue weighted by molar-refractivity contribution is 5.92. The summed E-state index contributed by atoms with van der Waals surface area (Å²) in [5.74, 6) is -0.147. The SMILES string of the molecule is Cl.O=C(c1ccn(-c2ccccc2[N+](=O)[O-])n1)N1CCCNCC1. The number of aromatic nitrogens is 2. The molecule has 8 nitrogen and oxygen atoms in total. The van der Waals surface area contributed by atoms with Crippen LogP contribution < -0.4 is 5.32 Å². The van der Waals surface area contributed by atoms with Crippen LogP contribution in [0.3, 0.4) is 0 Å². The van der Waals surface area contributed by atoms with Crippen molar-refractivity contribution in [3.8, 4) is 5.69 Å². The number of amides is 1. The number of nitrogens with zero attached hydrogens (tertiary/aromatic N) is 4. The minimum Gasteiger partial charge on any atom is -0.336 e. The summed E-state index contributed by atoms with van der Waals surface area (Å²) in [7, 11) is 0. The molecule has 1 saturated heterocycles. The number of rotatable bonds is 3. The Hall–Kier alpha value is -2.45. The number of nitro benzene ring substituents is 1. The summed E-state index contributed by atoms with van der Waals surface area (Å²) in [5.41, 5.74) is 0.590. The molecule has 0 unspecified atom stereocenters. The lowest BCUT2D eigenvalue weighted by Crippen LogP contribution is -2.34. The summed E-state index contributed by atoms with van der Waals surface area (Å²) in [4.78, 5) is 24.9. The minimum absolute atomic E-state index is 0. The molecule has 1 N–H and O–H groups in total. The molecule has 1 aliphatic heterocycles. The van der Waals surface area contributed by atoms with E-state index in [9.17, 15) is 14.9 Å². The molecule has 0 atom stereocenters. The molecule has 1 aromatic carbocycles. The van der Waals surface area contributed by atoms with Crippen LogP contribution in [0, 0.1) is 10.1 Å². The number of hydrogen-bond acceptors (Lipinski definition) is 5. The average Bonchev–Trinajstić information content (AvgIpc) is 2.89. The van der Waals surface area contributed by atoms with E-state index in [0.717, 1.165) is 19.5 Å². The molecule has 1 amide bonds. The van der Waals surface area contributed by atoms with Gasteiger partial charge in [-0.25, -0.2) is 4.68 Å². The molecule has 1 fully saturated rings. The van der Waals surface area contributed by atoms with E-state index in [1.807, 2.05) is 0 Å². The standard InChI is InChI=1S/C15H17N5O3.ClH/c21-15(18-9-3-7-16-8-11-18)12-6-10-19(17-12)13-4-1-2-5-14(13)20(22)23;/h1-2,4-6,10,16H,3,7-9,11H2;1H. The van der Waals surface area contributed by atoms with Gasteiger partial charge in [0.2, 0.25) is 0 Å². The molecule has 3 rings (SSSR count). The number of benzene rings is 1. The monoisotopic (exact) mass is 351 g/mol. The van der Waals surface area contributed by atoms with Gasteiger partial charge in [0.05, 0.1) is 4.92 Å². The van der Waals surface area contributed by atoms with Gasteiger partial charge in [-0.1, -0.05) is 12.1 Å².